The number of carbonyl (C=O) groups excluding carboxylic acids is 1. The van der Waals surface area contributed by atoms with E-state index in [4.69, 9.17) is 0 Å². The summed E-state index contributed by atoms with van der Waals surface area (Å²) in [6, 6.07) is 5.61. The summed E-state index contributed by atoms with van der Waals surface area (Å²) in [5, 5.41) is 3.14. The van der Waals surface area contributed by atoms with E-state index < -0.39 is 0 Å². The molecule has 24 heavy (non-hydrogen) atoms. The zero-order chi connectivity index (χ0) is 16.4. The van der Waals surface area contributed by atoms with Gasteiger partial charge in [0.15, 0.2) is 0 Å². The Morgan fingerprint density at radius 3 is 2.79 bits per heavy atom. The Balaban J connectivity index is 1.52. The van der Waals surface area contributed by atoms with Crippen molar-refractivity contribution in [3.63, 3.8) is 0 Å². The fraction of sp³-hybridized carbons (Fsp3) is 0.294. The molecule has 122 valence electrons. The summed E-state index contributed by atoms with van der Waals surface area (Å²) in [5.41, 5.74) is 0.695. The van der Waals surface area contributed by atoms with E-state index in [1.54, 1.807) is 42.2 Å². The van der Waals surface area contributed by atoms with E-state index >= 15 is 0 Å². The van der Waals surface area contributed by atoms with Gasteiger partial charge in [-0.25, -0.2) is 9.97 Å². The van der Waals surface area contributed by atoms with Gasteiger partial charge in [0.05, 0.1) is 5.39 Å². The first-order valence-corrected chi connectivity index (χ1v) is 8.83. The van der Waals surface area contributed by atoms with Gasteiger partial charge in [-0.15, -0.1) is 11.3 Å². The Labute approximate surface area is 143 Å². The fourth-order valence-electron chi connectivity index (χ4n) is 3.04. The third kappa shape index (κ3) is 2.82. The monoisotopic (exact) mass is 339 g/mol. The van der Waals surface area contributed by atoms with Crippen LogP contribution in [0.3, 0.4) is 0 Å². The fourth-order valence-corrected chi connectivity index (χ4v) is 3.77. The van der Waals surface area contributed by atoms with E-state index in [0.717, 1.165) is 42.1 Å². The minimum Gasteiger partial charge on any atom is -0.354 e. The average Bonchev–Trinajstić information content (AvgIpc) is 2.99. The molecule has 0 unspecified atom stereocenters. The highest BCUT2D eigenvalue weighted by Gasteiger charge is 2.22. The summed E-state index contributed by atoms with van der Waals surface area (Å²) in [5.74, 6) is 1.04. The van der Waals surface area contributed by atoms with Gasteiger partial charge < -0.3 is 9.80 Å². The Bertz CT molecular complexity index is 850. The number of fused-ring (bicyclic) bond motifs is 1. The number of nitrogens with zero attached hydrogens (tertiary/aromatic N) is 5. The SMILES string of the molecule is O=C(c1ccncc1)N1CCCN(c2ncnc3sccc23)CC1. The van der Waals surface area contributed by atoms with Crippen LogP contribution < -0.4 is 4.90 Å². The molecule has 1 aliphatic rings. The largest absolute Gasteiger partial charge is 0.354 e. The van der Waals surface area contributed by atoms with Crippen molar-refractivity contribution in [3.05, 3.63) is 47.9 Å². The molecule has 3 aromatic rings. The van der Waals surface area contributed by atoms with Gasteiger partial charge in [0.1, 0.15) is 17.0 Å². The van der Waals surface area contributed by atoms with Crippen LogP contribution >= 0.6 is 11.3 Å². The number of carbonyl (C=O) groups is 1. The predicted octanol–water partition coefficient (Wildman–Crippen LogP) is 2.44. The Hall–Kier alpha value is -2.54. The molecule has 0 bridgehead atoms. The van der Waals surface area contributed by atoms with E-state index in [0.29, 0.717) is 12.1 Å². The number of thiophene rings is 1. The third-order valence-corrected chi connectivity index (χ3v) is 5.07. The highest BCUT2D eigenvalue weighted by atomic mass is 32.1. The Morgan fingerprint density at radius 1 is 1.04 bits per heavy atom. The van der Waals surface area contributed by atoms with Gasteiger partial charge in [0.25, 0.3) is 5.91 Å². The molecule has 1 fully saturated rings. The summed E-state index contributed by atoms with van der Waals surface area (Å²) in [7, 11) is 0. The topological polar surface area (TPSA) is 62.2 Å². The molecule has 0 saturated carbocycles. The van der Waals surface area contributed by atoms with Gasteiger partial charge in [-0.05, 0) is 30.0 Å². The number of pyridine rings is 1. The van der Waals surface area contributed by atoms with Crippen LogP contribution in [0.2, 0.25) is 0 Å². The van der Waals surface area contributed by atoms with Crippen LogP contribution in [0.15, 0.2) is 42.3 Å². The molecule has 0 atom stereocenters. The van der Waals surface area contributed by atoms with E-state index in [1.807, 2.05) is 10.3 Å². The van der Waals surface area contributed by atoms with Crippen molar-refractivity contribution in [2.24, 2.45) is 0 Å². The standard InChI is InChI=1S/C17H17N5OS/c23-17(13-2-5-18-6-3-13)22-8-1-7-21(9-10-22)15-14-4-11-24-16(14)20-12-19-15/h2-6,11-12H,1,7-10H2. The molecular weight excluding hydrogens is 322 g/mol. The molecule has 6 nitrogen and oxygen atoms in total. The van der Waals surface area contributed by atoms with Crippen LogP contribution in [0.5, 0.6) is 0 Å². The highest BCUT2D eigenvalue weighted by molar-refractivity contribution is 7.16. The second-order valence-electron chi connectivity index (χ2n) is 5.71. The van der Waals surface area contributed by atoms with Crippen molar-refractivity contribution in [1.82, 2.24) is 19.9 Å². The van der Waals surface area contributed by atoms with Gasteiger partial charge >= 0.3 is 0 Å². The molecule has 3 aromatic heterocycles. The van der Waals surface area contributed by atoms with Gasteiger partial charge in [-0.1, -0.05) is 0 Å². The van der Waals surface area contributed by atoms with Crippen molar-refractivity contribution in [2.45, 2.75) is 6.42 Å². The molecule has 0 N–H and O–H groups in total. The van der Waals surface area contributed by atoms with Gasteiger partial charge in [0.2, 0.25) is 0 Å². The van der Waals surface area contributed by atoms with Gasteiger partial charge in [0, 0.05) is 44.1 Å². The average molecular weight is 339 g/mol. The lowest BCUT2D eigenvalue weighted by molar-refractivity contribution is 0.0767. The Morgan fingerprint density at radius 2 is 1.92 bits per heavy atom. The molecule has 1 saturated heterocycles. The number of hydrogen-bond acceptors (Lipinski definition) is 6. The normalized spacial score (nSPS) is 15.5. The smallest absolute Gasteiger partial charge is 0.254 e. The summed E-state index contributed by atoms with van der Waals surface area (Å²) in [4.78, 5) is 30.6. The minimum atomic E-state index is 0.0719. The zero-order valence-corrected chi connectivity index (χ0v) is 13.9. The molecule has 1 amide bonds. The van der Waals surface area contributed by atoms with Crippen molar-refractivity contribution in [3.8, 4) is 0 Å². The highest BCUT2D eigenvalue weighted by Crippen LogP contribution is 2.27. The lowest BCUT2D eigenvalue weighted by atomic mass is 10.2. The molecule has 1 aliphatic heterocycles. The molecule has 0 aromatic carbocycles. The first-order valence-electron chi connectivity index (χ1n) is 7.95. The lowest BCUT2D eigenvalue weighted by Crippen LogP contribution is -2.35. The third-order valence-electron chi connectivity index (χ3n) is 4.25. The predicted molar refractivity (Wildman–Crippen MR) is 94.4 cm³/mol. The van der Waals surface area contributed by atoms with Crippen LogP contribution in [0.25, 0.3) is 10.2 Å². The van der Waals surface area contributed by atoms with Crippen molar-refractivity contribution < 1.29 is 4.79 Å². The zero-order valence-electron chi connectivity index (χ0n) is 13.1. The summed E-state index contributed by atoms with van der Waals surface area (Å²) in [6.45, 7) is 3.12. The number of amides is 1. The molecule has 0 radical (unpaired) electrons. The first kappa shape index (κ1) is 15.0. The number of hydrogen-bond donors (Lipinski definition) is 0. The van der Waals surface area contributed by atoms with E-state index in [2.05, 4.69) is 25.9 Å². The molecule has 4 heterocycles. The van der Waals surface area contributed by atoms with Crippen LogP contribution in [-0.2, 0) is 0 Å². The van der Waals surface area contributed by atoms with Crippen LogP contribution in [0.4, 0.5) is 5.82 Å². The number of anilines is 1. The number of rotatable bonds is 2. The summed E-state index contributed by atoms with van der Waals surface area (Å²) >= 11 is 1.63. The van der Waals surface area contributed by atoms with E-state index in [9.17, 15) is 4.79 Å². The number of aromatic nitrogens is 3. The summed E-state index contributed by atoms with van der Waals surface area (Å²) < 4.78 is 0. The Kier molecular flexibility index (Phi) is 4.08. The molecule has 7 heteroatoms. The quantitative estimate of drug-likeness (QED) is 0.718. The molecule has 0 spiro atoms. The second-order valence-corrected chi connectivity index (χ2v) is 6.60. The maximum atomic E-state index is 12.6. The van der Waals surface area contributed by atoms with Gasteiger partial charge in [-0.2, -0.15) is 0 Å². The van der Waals surface area contributed by atoms with Crippen LogP contribution in [-0.4, -0.2) is 51.9 Å². The molecular formula is C17H17N5OS. The first-order chi connectivity index (χ1) is 11.8. The summed E-state index contributed by atoms with van der Waals surface area (Å²) in [6.07, 6.45) is 5.86. The lowest BCUT2D eigenvalue weighted by Gasteiger charge is -2.23. The second kappa shape index (κ2) is 6.52. The van der Waals surface area contributed by atoms with E-state index in [1.165, 1.54) is 0 Å². The van der Waals surface area contributed by atoms with E-state index in [-0.39, 0.29) is 5.91 Å². The van der Waals surface area contributed by atoms with Crippen molar-refractivity contribution >= 4 is 33.3 Å². The van der Waals surface area contributed by atoms with Crippen molar-refractivity contribution in [1.29, 1.82) is 0 Å². The maximum absolute atomic E-state index is 12.6. The minimum absolute atomic E-state index is 0.0719. The van der Waals surface area contributed by atoms with Crippen LogP contribution in [0, 0.1) is 0 Å². The van der Waals surface area contributed by atoms with Crippen LogP contribution in [0.1, 0.15) is 16.8 Å². The molecule has 4 rings (SSSR count). The maximum Gasteiger partial charge on any atom is 0.254 e. The van der Waals surface area contributed by atoms with Crippen molar-refractivity contribution in [2.75, 3.05) is 31.1 Å². The van der Waals surface area contributed by atoms with Gasteiger partial charge in [-0.3, -0.25) is 9.78 Å². The molecule has 0 aliphatic carbocycles.